The van der Waals surface area contributed by atoms with Crippen LogP contribution in [-0.2, 0) is 11.2 Å². The van der Waals surface area contributed by atoms with Gasteiger partial charge in [-0.15, -0.1) is 11.3 Å². The molecule has 0 aromatic carbocycles. The Morgan fingerprint density at radius 2 is 2.26 bits per heavy atom. The molecular weight excluding hydrogens is 264 g/mol. The highest BCUT2D eigenvalue weighted by atomic mass is 32.1. The van der Waals surface area contributed by atoms with Gasteiger partial charge in [0.05, 0.1) is 5.01 Å². The Labute approximate surface area is 115 Å². The number of piperidine rings is 1. The molecule has 2 rings (SSSR count). The highest BCUT2D eigenvalue weighted by Crippen LogP contribution is 2.20. The first-order chi connectivity index (χ1) is 9.13. The molecule has 0 aliphatic carbocycles. The topological polar surface area (TPSA) is 102 Å². The summed E-state index contributed by atoms with van der Waals surface area (Å²) in [5.41, 5.74) is 11.2. The van der Waals surface area contributed by atoms with E-state index in [-0.39, 0.29) is 5.91 Å². The van der Waals surface area contributed by atoms with Crippen molar-refractivity contribution in [2.24, 2.45) is 11.5 Å². The molecule has 1 aliphatic rings. The van der Waals surface area contributed by atoms with E-state index in [2.05, 4.69) is 4.98 Å². The zero-order valence-corrected chi connectivity index (χ0v) is 11.5. The Balaban J connectivity index is 2.14. The molecule has 1 aromatic heterocycles. The van der Waals surface area contributed by atoms with Gasteiger partial charge < -0.3 is 16.4 Å². The van der Waals surface area contributed by atoms with Crippen molar-refractivity contribution in [3.63, 3.8) is 0 Å². The summed E-state index contributed by atoms with van der Waals surface area (Å²) in [5.74, 6) is -0.645. The maximum absolute atomic E-state index is 12.4. The van der Waals surface area contributed by atoms with Crippen LogP contribution in [-0.4, -0.2) is 40.8 Å². The Kier molecular flexibility index (Phi) is 4.49. The summed E-state index contributed by atoms with van der Waals surface area (Å²) in [5, 5.41) is 2.57. The van der Waals surface area contributed by atoms with Gasteiger partial charge in [0.25, 0.3) is 5.91 Å². The highest BCUT2D eigenvalue weighted by molar-refractivity contribution is 7.09. The van der Waals surface area contributed by atoms with Gasteiger partial charge in [0.2, 0.25) is 5.91 Å². The van der Waals surface area contributed by atoms with Crippen LogP contribution in [0.5, 0.6) is 0 Å². The molecule has 6 nitrogen and oxygen atoms in total. The molecule has 0 saturated carbocycles. The van der Waals surface area contributed by atoms with Crippen molar-refractivity contribution in [1.29, 1.82) is 0 Å². The van der Waals surface area contributed by atoms with Crippen molar-refractivity contribution in [3.05, 3.63) is 16.1 Å². The van der Waals surface area contributed by atoms with Gasteiger partial charge in [0.1, 0.15) is 11.7 Å². The molecule has 19 heavy (non-hydrogen) atoms. The van der Waals surface area contributed by atoms with Gasteiger partial charge in [0, 0.05) is 18.3 Å². The van der Waals surface area contributed by atoms with E-state index in [0.717, 1.165) is 17.8 Å². The fourth-order valence-corrected chi connectivity index (χ4v) is 3.05. The quantitative estimate of drug-likeness (QED) is 0.819. The van der Waals surface area contributed by atoms with Gasteiger partial charge >= 0.3 is 0 Å². The number of thiazole rings is 1. The average molecular weight is 282 g/mol. The van der Waals surface area contributed by atoms with E-state index >= 15 is 0 Å². The Morgan fingerprint density at radius 3 is 2.95 bits per heavy atom. The fraction of sp³-hybridized carbons (Fsp3) is 0.583. The molecule has 1 unspecified atom stereocenters. The number of likely N-dealkylation sites (tertiary alicyclic amines) is 1. The molecule has 1 aliphatic heterocycles. The third-order valence-electron chi connectivity index (χ3n) is 3.22. The Hall–Kier alpha value is -1.47. The second kappa shape index (κ2) is 6.12. The predicted octanol–water partition coefficient (Wildman–Crippen LogP) is 0.124. The lowest BCUT2D eigenvalue weighted by Gasteiger charge is -2.33. The molecule has 1 saturated heterocycles. The molecule has 4 N–H and O–H groups in total. The van der Waals surface area contributed by atoms with Gasteiger partial charge in [-0.2, -0.15) is 0 Å². The van der Waals surface area contributed by atoms with Crippen LogP contribution in [0.15, 0.2) is 5.38 Å². The lowest BCUT2D eigenvalue weighted by Crippen LogP contribution is -2.50. The van der Waals surface area contributed by atoms with Crippen molar-refractivity contribution >= 4 is 23.2 Å². The minimum Gasteiger partial charge on any atom is -0.368 e. The summed E-state index contributed by atoms with van der Waals surface area (Å²) in [6.07, 6.45) is 3.13. The minimum atomic E-state index is -0.499. The summed E-state index contributed by atoms with van der Waals surface area (Å²) >= 11 is 1.42. The molecule has 2 amide bonds. The summed E-state index contributed by atoms with van der Waals surface area (Å²) in [7, 11) is 0. The van der Waals surface area contributed by atoms with Crippen LogP contribution in [0.25, 0.3) is 0 Å². The molecule has 104 valence electrons. The maximum atomic E-state index is 12.4. The zero-order chi connectivity index (χ0) is 13.8. The van der Waals surface area contributed by atoms with E-state index in [1.54, 1.807) is 10.3 Å². The number of hydrogen-bond acceptors (Lipinski definition) is 5. The molecule has 2 heterocycles. The molecule has 7 heteroatoms. The molecule has 0 spiro atoms. The lowest BCUT2D eigenvalue weighted by atomic mass is 10.0. The van der Waals surface area contributed by atoms with Crippen molar-refractivity contribution in [2.75, 3.05) is 13.1 Å². The number of carbonyl (C=O) groups excluding carboxylic acids is 2. The minimum absolute atomic E-state index is 0.206. The van der Waals surface area contributed by atoms with Crippen LogP contribution in [0, 0.1) is 0 Å². The smallest absolute Gasteiger partial charge is 0.274 e. The van der Waals surface area contributed by atoms with E-state index in [4.69, 9.17) is 11.5 Å². The van der Waals surface area contributed by atoms with Crippen LogP contribution in [0.2, 0.25) is 0 Å². The van der Waals surface area contributed by atoms with Crippen LogP contribution in [0.3, 0.4) is 0 Å². The number of carbonyl (C=O) groups is 2. The zero-order valence-electron chi connectivity index (χ0n) is 10.7. The lowest BCUT2D eigenvalue weighted by molar-refractivity contribution is -0.123. The number of primary amides is 1. The third kappa shape index (κ3) is 3.10. The number of rotatable bonds is 4. The van der Waals surface area contributed by atoms with E-state index in [1.807, 2.05) is 0 Å². The van der Waals surface area contributed by atoms with Crippen LogP contribution < -0.4 is 11.5 Å². The van der Waals surface area contributed by atoms with E-state index in [9.17, 15) is 9.59 Å². The molecule has 1 aromatic rings. The molecule has 0 radical (unpaired) electrons. The monoisotopic (exact) mass is 282 g/mol. The number of amides is 2. The largest absolute Gasteiger partial charge is 0.368 e. The van der Waals surface area contributed by atoms with Crippen molar-refractivity contribution < 1.29 is 9.59 Å². The van der Waals surface area contributed by atoms with Gasteiger partial charge in [-0.3, -0.25) is 9.59 Å². The van der Waals surface area contributed by atoms with Crippen LogP contribution in [0.4, 0.5) is 0 Å². The van der Waals surface area contributed by atoms with E-state index < -0.39 is 11.9 Å². The van der Waals surface area contributed by atoms with E-state index in [1.165, 1.54) is 11.3 Å². The number of nitrogens with two attached hydrogens (primary N) is 2. The Bertz CT molecular complexity index is 474. The fourth-order valence-electron chi connectivity index (χ4n) is 2.26. The normalized spacial score (nSPS) is 19.4. The first-order valence-corrected chi connectivity index (χ1v) is 7.26. The van der Waals surface area contributed by atoms with Gasteiger partial charge in [-0.1, -0.05) is 0 Å². The molecule has 1 fully saturated rings. The summed E-state index contributed by atoms with van der Waals surface area (Å²) < 4.78 is 0. The molecular formula is C12H18N4O2S. The third-order valence-corrected chi connectivity index (χ3v) is 4.13. The average Bonchev–Trinajstić information content (AvgIpc) is 2.87. The predicted molar refractivity (Wildman–Crippen MR) is 72.7 cm³/mol. The highest BCUT2D eigenvalue weighted by Gasteiger charge is 2.32. The SMILES string of the molecule is NCCc1nc(C(=O)N2CCCCC2C(N)=O)cs1. The maximum Gasteiger partial charge on any atom is 0.274 e. The van der Waals surface area contributed by atoms with Gasteiger partial charge in [-0.25, -0.2) is 4.98 Å². The van der Waals surface area contributed by atoms with Crippen LogP contribution >= 0.6 is 11.3 Å². The van der Waals surface area contributed by atoms with Gasteiger partial charge in [0.15, 0.2) is 0 Å². The number of hydrogen-bond donors (Lipinski definition) is 2. The first-order valence-electron chi connectivity index (χ1n) is 6.38. The number of nitrogens with zero attached hydrogens (tertiary/aromatic N) is 2. The summed E-state index contributed by atoms with van der Waals surface area (Å²) in [6.45, 7) is 1.07. The van der Waals surface area contributed by atoms with Crippen molar-refractivity contribution in [2.45, 2.75) is 31.7 Å². The number of aromatic nitrogens is 1. The standard InChI is InChI=1S/C12H18N4O2S/c13-5-4-10-15-8(7-19-10)12(18)16-6-2-1-3-9(16)11(14)17/h7,9H,1-6,13H2,(H2,14,17). The Morgan fingerprint density at radius 1 is 1.47 bits per heavy atom. The summed E-state index contributed by atoms with van der Waals surface area (Å²) in [4.78, 5) is 29.6. The van der Waals surface area contributed by atoms with E-state index in [0.29, 0.717) is 31.6 Å². The second-order valence-corrected chi connectivity index (χ2v) is 5.52. The second-order valence-electron chi connectivity index (χ2n) is 4.58. The molecule has 0 bridgehead atoms. The van der Waals surface area contributed by atoms with Crippen molar-refractivity contribution in [3.8, 4) is 0 Å². The van der Waals surface area contributed by atoms with Crippen LogP contribution in [0.1, 0.15) is 34.8 Å². The summed E-state index contributed by atoms with van der Waals surface area (Å²) in [6, 6.07) is -0.499. The van der Waals surface area contributed by atoms with Gasteiger partial charge in [-0.05, 0) is 25.8 Å². The van der Waals surface area contributed by atoms with Crippen molar-refractivity contribution in [1.82, 2.24) is 9.88 Å². The molecule has 1 atom stereocenters. The first kappa shape index (κ1) is 14.0.